The van der Waals surface area contributed by atoms with Gasteiger partial charge < -0.3 is 10.8 Å². The molecule has 1 aliphatic carbocycles. The number of hydrogen-bond donors (Lipinski definition) is 2. The molecule has 26 heavy (non-hydrogen) atoms. The van der Waals surface area contributed by atoms with E-state index in [1.165, 1.54) is 16.8 Å². The lowest BCUT2D eigenvalue weighted by Crippen LogP contribution is -2.31. The Balaban J connectivity index is 1.85. The molecule has 0 spiro atoms. The number of carbonyl (C=O) groups excluding carboxylic acids is 1. The smallest absolute Gasteiger partial charge is 0.231 e. The van der Waals surface area contributed by atoms with E-state index in [-0.39, 0.29) is 5.82 Å². The van der Waals surface area contributed by atoms with Crippen molar-refractivity contribution in [2.24, 2.45) is 5.73 Å². The summed E-state index contributed by atoms with van der Waals surface area (Å²) in [5.74, 6) is -0.454. The molecule has 0 aliphatic heterocycles. The van der Waals surface area contributed by atoms with Crippen LogP contribution in [0.15, 0.2) is 54.6 Å². The third-order valence-electron chi connectivity index (χ3n) is 4.69. The quantitative estimate of drug-likeness (QED) is 0.734. The van der Waals surface area contributed by atoms with Crippen LogP contribution in [-0.4, -0.2) is 25.8 Å². The molecular formula is C19H17FN4O2. The van der Waals surface area contributed by atoms with Crippen molar-refractivity contribution in [2.75, 3.05) is 0 Å². The first-order valence-corrected chi connectivity index (χ1v) is 8.27. The van der Waals surface area contributed by atoms with Gasteiger partial charge in [0, 0.05) is 0 Å². The van der Waals surface area contributed by atoms with Crippen molar-refractivity contribution in [3.05, 3.63) is 77.6 Å². The highest BCUT2D eigenvalue weighted by Crippen LogP contribution is 2.47. The highest BCUT2D eigenvalue weighted by atomic mass is 19.1. The second-order valence-corrected chi connectivity index (χ2v) is 6.44. The van der Waals surface area contributed by atoms with Gasteiger partial charge in [0.05, 0.1) is 5.69 Å². The summed E-state index contributed by atoms with van der Waals surface area (Å²) in [4.78, 5) is 16.4. The Labute approximate surface area is 149 Å². The molecule has 132 valence electrons. The number of aliphatic hydroxyl groups excluding tert-OH is 1. The number of benzene rings is 2. The predicted octanol–water partition coefficient (Wildman–Crippen LogP) is 2.00. The van der Waals surface area contributed by atoms with Gasteiger partial charge in [0.2, 0.25) is 5.91 Å². The molecule has 1 aromatic heterocycles. The zero-order valence-electron chi connectivity index (χ0n) is 13.8. The van der Waals surface area contributed by atoms with Gasteiger partial charge in [-0.3, -0.25) is 4.79 Å². The predicted molar refractivity (Wildman–Crippen MR) is 91.9 cm³/mol. The van der Waals surface area contributed by atoms with Crippen LogP contribution in [-0.2, 0) is 10.2 Å². The van der Waals surface area contributed by atoms with Crippen LogP contribution in [0.4, 0.5) is 4.39 Å². The van der Waals surface area contributed by atoms with Crippen molar-refractivity contribution in [1.29, 1.82) is 0 Å². The molecule has 2 aromatic carbocycles. The van der Waals surface area contributed by atoms with Crippen molar-refractivity contribution in [3.63, 3.8) is 0 Å². The van der Waals surface area contributed by atoms with Crippen molar-refractivity contribution in [3.8, 4) is 5.69 Å². The van der Waals surface area contributed by atoms with E-state index in [0.29, 0.717) is 29.9 Å². The number of hydrogen-bond acceptors (Lipinski definition) is 4. The summed E-state index contributed by atoms with van der Waals surface area (Å²) in [6.07, 6.45) is 0.0440. The number of aliphatic hydroxyl groups is 1. The molecule has 4 rings (SSSR count). The molecule has 1 atom stereocenters. The maximum atomic E-state index is 13.7. The van der Waals surface area contributed by atoms with E-state index in [9.17, 15) is 14.3 Å². The van der Waals surface area contributed by atoms with Gasteiger partial charge in [0.25, 0.3) is 0 Å². The molecule has 0 bridgehead atoms. The number of rotatable bonds is 5. The van der Waals surface area contributed by atoms with E-state index in [1.807, 2.05) is 6.07 Å². The lowest BCUT2D eigenvalue weighted by Gasteiger charge is -2.12. The number of nitrogens with two attached hydrogens (primary N) is 1. The monoisotopic (exact) mass is 352 g/mol. The third-order valence-corrected chi connectivity index (χ3v) is 4.69. The minimum atomic E-state index is -1.06. The Hall–Kier alpha value is -3.06. The molecule has 6 nitrogen and oxygen atoms in total. The first kappa shape index (κ1) is 16.4. The van der Waals surface area contributed by atoms with Crippen molar-refractivity contribution < 1.29 is 14.3 Å². The van der Waals surface area contributed by atoms with Crippen LogP contribution in [0.5, 0.6) is 0 Å². The normalized spacial score (nSPS) is 16.2. The molecule has 0 radical (unpaired) electrons. The second-order valence-electron chi connectivity index (χ2n) is 6.44. The molecule has 1 amide bonds. The fourth-order valence-electron chi connectivity index (χ4n) is 3.03. The lowest BCUT2D eigenvalue weighted by atomic mass is 10.1. The van der Waals surface area contributed by atoms with Crippen molar-refractivity contribution in [1.82, 2.24) is 14.8 Å². The average molecular weight is 352 g/mol. The zero-order valence-corrected chi connectivity index (χ0v) is 13.8. The number of aromatic nitrogens is 3. The molecule has 1 fully saturated rings. The minimum absolute atomic E-state index is 0.142. The number of carbonyl (C=O) groups is 1. The van der Waals surface area contributed by atoms with Gasteiger partial charge in [-0.1, -0.05) is 36.4 Å². The summed E-state index contributed by atoms with van der Waals surface area (Å²) in [6, 6.07) is 14.8. The van der Waals surface area contributed by atoms with Crippen LogP contribution < -0.4 is 5.73 Å². The number of amides is 1. The number of primary amides is 1. The molecule has 7 heteroatoms. The number of halogens is 1. The van der Waals surface area contributed by atoms with Gasteiger partial charge in [-0.25, -0.2) is 14.1 Å². The van der Waals surface area contributed by atoms with Gasteiger partial charge in [0.1, 0.15) is 23.2 Å². The fraction of sp³-hybridized carbons (Fsp3) is 0.211. The Morgan fingerprint density at radius 2 is 1.92 bits per heavy atom. The van der Waals surface area contributed by atoms with E-state index in [1.54, 1.807) is 36.4 Å². The van der Waals surface area contributed by atoms with E-state index in [4.69, 9.17) is 5.73 Å². The maximum absolute atomic E-state index is 13.7. The van der Waals surface area contributed by atoms with Gasteiger partial charge in [0.15, 0.2) is 5.82 Å². The molecule has 1 saturated carbocycles. The molecular weight excluding hydrogens is 335 g/mol. The summed E-state index contributed by atoms with van der Waals surface area (Å²) in [5, 5.41) is 15.0. The maximum Gasteiger partial charge on any atom is 0.231 e. The molecule has 3 aromatic rings. The van der Waals surface area contributed by atoms with Gasteiger partial charge in [-0.15, -0.1) is 5.10 Å². The number of nitrogens with zero attached hydrogens (tertiary/aromatic N) is 3. The topological polar surface area (TPSA) is 94.0 Å². The largest absolute Gasteiger partial charge is 0.380 e. The Morgan fingerprint density at radius 3 is 2.54 bits per heavy atom. The van der Waals surface area contributed by atoms with Crippen molar-refractivity contribution >= 4 is 5.91 Å². The fourth-order valence-corrected chi connectivity index (χ4v) is 3.03. The van der Waals surface area contributed by atoms with E-state index in [0.717, 1.165) is 0 Å². The zero-order chi connectivity index (χ0) is 18.3. The lowest BCUT2D eigenvalue weighted by molar-refractivity contribution is -0.120. The highest BCUT2D eigenvalue weighted by Gasteiger charge is 2.54. The summed E-state index contributed by atoms with van der Waals surface area (Å²) in [7, 11) is 0. The highest BCUT2D eigenvalue weighted by molar-refractivity contribution is 5.89. The molecule has 0 saturated heterocycles. The van der Waals surface area contributed by atoms with Crippen LogP contribution in [0.1, 0.15) is 36.2 Å². The second kappa shape index (κ2) is 6.03. The Bertz CT molecular complexity index is 967. The van der Waals surface area contributed by atoms with Crippen LogP contribution in [0.25, 0.3) is 5.69 Å². The minimum Gasteiger partial charge on any atom is -0.380 e. The Kier molecular flexibility index (Phi) is 3.81. The molecule has 1 heterocycles. The summed E-state index contributed by atoms with van der Waals surface area (Å²) in [6.45, 7) is 0. The van der Waals surface area contributed by atoms with Crippen LogP contribution >= 0.6 is 0 Å². The SMILES string of the molecule is NC(=O)C1(c2nc([C@@H](O)c3ccccc3)nn2-c2cccc(F)c2)CC1. The summed E-state index contributed by atoms with van der Waals surface area (Å²) in [5.41, 5.74) is 5.71. The van der Waals surface area contributed by atoms with Gasteiger partial charge in [-0.2, -0.15) is 0 Å². The van der Waals surface area contributed by atoms with Crippen LogP contribution in [0.3, 0.4) is 0 Å². The third kappa shape index (κ3) is 2.66. The standard InChI is InChI=1S/C19H17FN4O2/c20-13-7-4-8-14(11-13)24-18(19(9-10-19)17(21)26)22-16(23-24)15(25)12-5-2-1-3-6-12/h1-8,11,15,25H,9-10H2,(H2,21,26)/t15-/m0/s1. The molecule has 1 aliphatic rings. The summed E-state index contributed by atoms with van der Waals surface area (Å²) < 4.78 is 15.1. The van der Waals surface area contributed by atoms with Gasteiger partial charge in [-0.05, 0) is 36.6 Å². The van der Waals surface area contributed by atoms with E-state index < -0.39 is 23.2 Å². The van der Waals surface area contributed by atoms with E-state index in [2.05, 4.69) is 10.1 Å². The van der Waals surface area contributed by atoms with Crippen LogP contribution in [0.2, 0.25) is 0 Å². The first-order valence-electron chi connectivity index (χ1n) is 8.27. The van der Waals surface area contributed by atoms with Crippen LogP contribution in [0, 0.1) is 5.82 Å². The first-order chi connectivity index (χ1) is 12.5. The summed E-state index contributed by atoms with van der Waals surface area (Å²) >= 11 is 0. The van der Waals surface area contributed by atoms with E-state index >= 15 is 0 Å². The average Bonchev–Trinajstić information content (AvgIpc) is 3.34. The molecule has 0 unspecified atom stereocenters. The van der Waals surface area contributed by atoms with Crippen molar-refractivity contribution in [2.45, 2.75) is 24.4 Å². The molecule has 3 N–H and O–H groups in total. The Morgan fingerprint density at radius 1 is 1.19 bits per heavy atom. The van der Waals surface area contributed by atoms with Gasteiger partial charge >= 0.3 is 0 Å².